The average molecular weight is 270 g/mol. The van der Waals surface area contributed by atoms with E-state index in [-0.39, 0.29) is 0 Å². The molecule has 100 valence electrons. The standard InChI is InChI=1S/C18H22S/c1-13-8-10-16(11-9-13)18-17(12-14(2)19-18)15-6-4-3-5-7-15/h3-6,8-10,14-16H,7,11-12H2,1-2H3. The molecule has 19 heavy (non-hydrogen) atoms. The molecule has 3 aliphatic rings. The van der Waals surface area contributed by atoms with Crippen molar-refractivity contribution in [2.75, 3.05) is 0 Å². The van der Waals surface area contributed by atoms with E-state index in [1.54, 1.807) is 10.5 Å². The van der Waals surface area contributed by atoms with Gasteiger partial charge in [0.15, 0.2) is 0 Å². The third-order valence-electron chi connectivity index (χ3n) is 4.20. The van der Waals surface area contributed by atoms with E-state index in [1.807, 2.05) is 0 Å². The first-order valence-electron chi connectivity index (χ1n) is 7.32. The Labute approximate surface area is 121 Å². The largest absolute Gasteiger partial charge is 0.127 e. The summed E-state index contributed by atoms with van der Waals surface area (Å²) in [5, 5.41) is 0.754. The topological polar surface area (TPSA) is 0 Å². The smallest absolute Gasteiger partial charge is 0.0116 e. The van der Waals surface area contributed by atoms with Gasteiger partial charge in [-0.05, 0) is 31.1 Å². The van der Waals surface area contributed by atoms with Gasteiger partial charge in [-0.15, -0.1) is 11.8 Å². The van der Waals surface area contributed by atoms with Crippen LogP contribution in [-0.2, 0) is 0 Å². The molecule has 1 aliphatic heterocycles. The molecule has 0 saturated heterocycles. The fraction of sp³-hybridized carbons (Fsp3) is 0.444. The minimum absolute atomic E-state index is 0.632. The zero-order chi connectivity index (χ0) is 13.2. The maximum Gasteiger partial charge on any atom is 0.0116 e. The van der Waals surface area contributed by atoms with Crippen LogP contribution in [0.4, 0.5) is 0 Å². The maximum absolute atomic E-state index is 2.41. The summed E-state index contributed by atoms with van der Waals surface area (Å²) in [4.78, 5) is 1.66. The highest BCUT2D eigenvalue weighted by Gasteiger charge is 2.30. The molecule has 0 bridgehead atoms. The van der Waals surface area contributed by atoms with Gasteiger partial charge < -0.3 is 0 Å². The predicted octanol–water partition coefficient (Wildman–Crippen LogP) is 5.42. The van der Waals surface area contributed by atoms with Crippen molar-refractivity contribution in [2.24, 2.45) is 11.8 Å². The van der Waals surface area contributed by atoms with Crippen LogP contribution in [0.15, 0.2) is 58.6 Å². The van der Waals surface area contributed by atoms with Crippen molar-refractivity contribution < 1.29 is 0 Å². The fourth-order valence-corrected chi connectivity index (χ4v) is 4.60. The van der Waals surface area contributed by atoms with Crippen LogP contribution in [0.5, 0.6) is 0 Å². The lowest BCUT2D eigenvalue weighted by Crippen LogP contribution is -2.07. The molecule has 3 rings (SSSR count). The second kappa shape index (κ2) is 5.58. The molecule has 0 radical (unpaired) electrons. The summed E-state index contributed by atoms with van der Waals surface area (Å²) < 4.78 is 0. The van der Waals surface area contributed by atoms with Gasteiger partial charge in [-0.1, -0.05) is 60.6 Å². The zero-order valence-electron chi connectivity index (χ0n) is 11.8. The molecular weight excluding hydrogens is 248 g/mol. The van der Waals surface area contributed by atoms with Gasteiger partial charge >= 0.3 is 0 Å². The van der Waals surface area contributed by atoms with Crippen LogP contribution in [0.3, 0.4) is 0 Å². The molecule has 2 aliphatic carbocycles. The molecule has 0 spiro atoms. The molecule has 0 amide bonds. The molecule has 0 aromatic rings. The van der Waals surface area contributed by atoms with Crippen LogP contribution < -0.4 is 0 Å². The van der Waals surface area contributed by atoms with Crippen molar-refractivity contribution in [3.05, 3.63) is 58.6 Å². The molecule has 0 nitrogen and oxygen atoms in total. The molecule has 0 N–H and O–H groups in total. The minimum Gasteiger partial charge on any atom is -0.127 e. The van der Waals surface area contributed by atoms with E-state index in [4.69, 9.17) is 0 Å². The van der Waals surface area contributed by atoms with Crippen molar-refractivity contribution in [1.29, 1.82) is 0 Å². The number of thioether (sulfide) groups is 1. The normalized spacial score (nSPS) is 34.0. The van der Waals surface area contributed by atoms with Crippen molar-refractivity contribution in [3.8, 4) is 0 Å². The summed E-state index contributed by atoms with van der Waals surface area (Å²) in [6, 6.07) is 0. The van der Waals surface area contributed by atoms with Crippen LogP contribution in [-0.4, -0.2) is 5.25 Å². The molecule has 3 atom stereocenters. The second-order valence-electron chi connectivity index (χ2n) is 5.83. The van der Waals surface area contributed by atoms with Gasteiger partial charge in [-0.2, -0.15) is 0 Å². The first kappa shape index (κ1) is 13.1. The molecule has 0 aromatic carbocycles. The first-order chi connectivity index (χ1) is 9.24. The van der Waals surface area contributed by atoms with Gasteiger partial charge in [0, 0.05) is 17.1 Å². The van der Waals surface area contributed by atoms with E-state index < -0.39 is 0 Å². The zero-order valence-corrected chi connectivity index (χ0v) is 12.6. The van der Waals surface area contributed by atoms with E-state index in [2.05, 4.69) is 68.1 Å². The van der Waals surface area contributed by atoms with E-state index in [1.165, 1.54) is 24.8 Å². The lowest BCUT2D eigenvalue weighted by atomic mass is 9.85. The third-order valence-corrected chi connectivity index (χ3v) is 5.59. The van der Waals surface area contributed by atoms with Gasteiger partial charge in [0.2, 0.25) is 0 Å². The Morgan fingerprint density at radius 2 is 2.00 bits per heavy atom. The molecule has 0 saturated carbocycles. The van der Waals surface area contributed by atoms with Gasteiger partial charge in [-0.25, -0.2) is 0 Å². The third kappa shape index (κ3) is 2.81. The molecule has 3 unspecified atom stereocenters. The summed E-state index contributed by atoms with van der Waals surface area (Å²) >= 11 is 2.12. The Morgan fingerprint density at radius 1 is 1.11 bits per heavy atom. The summed E-state index contributed by atoms with van der Waals surface area (Å²) in [5.41, 5.74) is 3.12. The maximum atomic E-state index is 2.41. The van der Waals surface area contributed by atoms with Crippen LogP contribution >= 0.6 is 11.8 Å². The van der Waals surface area contributed by atoms with Gasteiger partial charge in [0.25, 0.3) is 0 Å². The second-order valence-corrected chi connectivity index (χ2v) is 7.31. The first-order valence-corrected chi connectivity index (χ1v) is 8.20. The highest BCUT2D eigenvalue weighted by atomic mass is 32.2. The lowest BCUT2D eigenvalue weighted by Gasteiger charge is -2.21. The van der Waals surface area contributed by atoms with E-state index in [9.17, 15) is 0 Å². The number of hydrogen-bond acceptors (Lipinski definition) is 1. The van der Waals surface area contributed by atoms with Crippen LogP contribution in [0.2, 0.25) is 0 Å². The highest BCUT2D eigenvalue weighted by Crippen LogP contribution is 2.47. The highest BCUT2D eigenvalue weighted by molar-refractivity contribution is 8.03. The van der Waals surface area contributed by atoms with Crippen LogP contribution in [0.25, 0.3) is 0 Å². The van der Waals surface area contributed by atoms with Gasteiger partial charge in [-0.3, -0.25) is 0 Å². The summed E-state index contributed by atoms with van der Waals surface area (Å²) in [7, 11) is 0. The minimum atomic E-state index is 0.632. The summed E-state index contributed by atoms with van der Waals surface area (Å²) in [6.07, 6.45) is 19.8. The Morgan fingerprint density at radius 3 is 2.68 bits per heavy atom. The van der Waals surface area contributed by atoms with E-state index >= 15 is 0 Å². The SMILES string of the molecule is CC1=CCC(C2=C(C3C=CC=CC3)CC(C)S2)C=C1. The Kier molecular flexibility index (Phi) is 3.83. The summed E-state index contributed by atoms with van der Waals surface area (Å²) in [6.45, 7) is 4.56. The predicted molar refractivity (Wildman–Crippen MR) is 86.1 cm³/mol. The van der Waals surface area contributed by atoms with Crippen molar-refractivity contribution in [3.63, 3.8) is 0 Å². The quantitative estimate of drug-likeness (QED) is 0.645. The molecule has 1 heteroatoms. The number of allylic oxidation sites excluding steroid dienone is 10. The van der Waals surface area contributed by atoms with Crippen molar-refractivity contribution >= 4 is 11.8 Å². The molecule has 1 heterocycles. The fourth-order valence-electron chi connectivity index (χ4n) is 3.16. The number of hydrogen-bond donors (Lipinski definition) is 0. The summed E-state index contributed by atoms with van der Waals surface area (Å²) in [5.74, 6) is 1.28. The van der Waals surface area contributed by atoms with Gasteiger partial charge in [0.1, 0.15) is 0 Å². The van der Waals surface area contributed by atoms with E-state index in [0.29, 0.717) is 11.8 Å². The van der Waals surface area contributed by atoms with Crippen molar-refractivity contribution in [2.45, 2.75) is 38.4 Å². The Hall–Kier alpha value is -0.950. The van der Waals surface area contributed by atoms with Crippen LogP contribution in [0.1, 0.15) is 33.1 Å². The average Bonchev–Trinajstić information content (AvgIpc) is 2.83. The molecule has 0 fully saturated rings. The van der Waals surface area contributed by atoms with E-state index in [0.717, 1.165) is 5.25 Å². The molecular formula is C18H22S. The monoisotopic (exact) mass is 270 g/mol. The van der Waals surface area contributed by atoms with Crippen LogP contribution in [0, 0.1) is 11.8 Å². The van der Waals surface area contributed by atoms with Gasteiger partial charge in [0.05, 0.1) is 0 Å². The Balaban J connectivity index is 1.85. The molecule has 0 aromatic heterocycles. The number of rotatable bonds is 2. The Bertz CT molecular complexity index is 502. The lowest BCUT2D eigenvalue weighted by molar-refractivity contribution is 0.692. The van der Waals surface area contributed by atoms with Crippen molar-refractivity contribution in [1.82, 2.24) is 0 Å².